The first kappa shape index (κ1) is 23.2. The average Bonchev–Trinajstić information content (AvgIpc) is 2.81. The maximum atomic E-state index is 11.0. The summed E-state index contributed by atoms with van der Waals surface area (Å²) < 4.78 is 11.1. The van der Waals surface area contributed by atoms with Crippen molar-refractivity contribution < 1.29 is 19.3 Å². The second kappa shape index (κ2) is 10.3. The topological polar surface area (TPSA) is 129 Å². The summed E-state index contributed by atoms with van der Waals surface area (Å²) >= 11 is 6.39. The predicted octanol–water partition coefficient (Wildman–Crippen LogP) is 5.81. The van der Waals surface area contributed by atoms with Crippen LogP contribution in [0, 0.1) is 31.6 Å². The van der Waals surface area contributed by atoms with Crippen molar-refractivity contribution >= 4 is 34.6 Å². The van der Waals surface area contributed by atoms with Gasteiger partial charge in [-0.25, -0.2) is 0 Å². The molecule has 0 amide bonds. The van der Waals surface area contributed by atoms with Crippen molar-refractivity contribution in [3.63, 3.8) is 0 Å². The number of nitriles is 1. The van der Waals surface area contributed by atoms with Crippen LogP contribution in [-0.4, -0.2) is 17.0 Å². The maximum Gasteiger partial charge on any atom is 0.270 e. The van der Waals surface area contributed by atoms with E-state index in [9.17, 15) is 25.5 Å². The molecule has 0 aliphatic carbocycles. The molecule has 0 radical (unpaired) electrons. The molecular weight excluding hydrogens is 450 g/mol. The normalized spacial score (nSPS) is 10.9. The van der Waals surface area contributed by atoms with Gasteiger partial charge in [0.1, 0.15) is 6.61 Å². The summed E-state index contributed by atoms with van der Waals surface area (Å²) in [6.45, 7) is 0.0976. The molecule has 3 aromatic carbocycles. The number of methoxy groups -OCH3 is 1. The molecular formula is C23H16ClN3O6. The zero-order valence-corrected chi connectivity index (χ0v) is 18.0. The minimum Gasteiger partial charge on any atom is -0.493 e. The van der Waals surface area contributed by atoms with Gasteiger partial charge in [-0.3, -0.25) is 20.2 Å². The van der Waals surface area contributed by atoms with Crippen LogP contribution in [0.1, 0.15) is 16.7 Å². The second-order valence-electron chi connectivity index (χ2n) is 6.72. The smallest absolute Gasteiger partial charge is 0.270 e. The largest absolute Gasteiger partial charge is 0.493 e. The molecule has 0 saturated heterocycles. The van der Waals surface area contributed by atoms with Crippen LogP contribution in [0.2, 0.25) is 5.02 Å². The minimum atomic E-state index is -0.532. The van der Waals surface area contributed by atoms with Crippen molar-refractivity contribution in [3.8, 4) is 17.6 Å². The van der Waals surface area contributed by atoms with Crippen LogP contribution in [0.5, 0.6) is 11.5 Å². The van der Waals surface area contributed by atoms with E-state index in [4.69, 9.17) is 21.1 Å². The first-order chi connectivity index (χ1) is 15.8. The number of nitro benzene ring substituents is 2. The Morgan fingerprint density at radius 1 is 1.06 bits per heavy atom. The van der Waals surface area contributed by atoms with Crippen LogP contribution >= 0.6 is 11.6 Å². The summed E-state index contributed by atoms with van der Waals surface area (Å²) in [7, 11) is 1.43. The number of hydrogen-bond donors (Lipinski definition) is 0. The van der Waals surface area contributed by atoms with Gasteiger partial charge in [0.15, 0.2) is 11.5 Å². The molecule has 3 aromatic rings. The molecule has 10 heteroatoms. The van der Waals surface area contributed by atoms with E-state index >= 15 is 0 Å². The van der Waals surface area contributed by atoms with Gasteiger partial charge in [0.2, 0.25) is 0 Å². The molecule has 0 bridgehead atoms. The van der Waals surface area contributed by atoms with Crippen molar-refractivity contribution in [2.45, 2.75) is 6.61 Å². The number of benzene rings is 3. The van der Waals surface area contributed by atoms with Crippen LogP contribution in [0.3, 0.4) is 0 Å². The van der Waals surface area contributed by atoms with Crippen molar-refractivity contribution in [1.82, 2.24) is 0 Å². The van der Waals surface area contributed by atoms with Gasteiger partial charge in [0, 0.05) is 24.3 Å². The Morgan fingerprint density at radius 3 is 2.36 bits per heavy atom. The Morgan fingerprint density at radius 2 is 1.76 bits per heavy atom. The van der Waals surface area contributed by atoms with E-state index in [1.54, 1.807) is 30.3 Å². The highest BCUT2D eigenvalue weighted by Crippen LogP contribution is 2.38. The van der Waals surface area contributed by atoms with Gasteiger partial charge in [0.25, 0.3) is 11.4 Å². The van der Waals surface area contributed by atoms with Crippen molar-refractivity contribution in [3.05, 3.63) is 103 Å². The zero-order valence-electron chi connectivity index (χ0n) is 17.2. The number of hydrogen-bond acceptors (Lipinski definition) is 7. The van der Waals surface area contributed by atoms with Gasteiger partial charge in [-0.1, -0.05) is 23.7 Å². The summed E-state index contributed by atoms with van der Waals surface area (Å²) in [6, 6.07) is 16.9. The minimum absolute atomic E-state index is 0.0254. The third kappa shape index (κ3) is 5.64. The van der Waals surface area contributed by atoms with Gasteiger partial charge in [-0.2, -0.15) is 5.26 Å². The van der Waals surface area contributed by atoms with E-state index in [1.807, 2.05) is 6.07 Å². The van der Waals surface area contributed by atoms with Gasteiger partial charge >= 0.3 is 0 Å². The number of halogens is 1. The third-order valence-electron chi connectivity index (χ3n) is 4.58. The molecule has 0 unspecified atom stereocenters. The molecule has 9 nitrogen and oxygen atoms in total. The summed E-state index contributed by atoms with van der Waals surface area (Å²) in [6.07, 6.45) is 1.54. The molecule has 0 N–H and O–H groups in total. The highest BCUT2D eigenvalue weighted by Gasteiger charge is 2.14. The Hall–Kier alpha value is -4.42. The van der Waals surface area contributed by atoms with E-state index in [0.717, 1.165) is 0 Å². The van der Waals surface area contributed by atoms with Gasteiger partial charge in [0.05, 0.1) is 33.6 Å². The average molecular weight is 466 g/mol. The molecule has 0 atom stereocenters. The summed E-state index contributed by atoms with van der Waals surface area (Å²) in [5.74, 6) is 0.579. The number of nitrogens with zero attached hydrogens (tertiary/aromatic N) is 3. The predicted molar refractivity (Wildman–Crippen MR) is 122 cm³/mol. The van der Waals surface area contributed by atoms with Crippen LogP contribution in [0.25, 0.3) is 11.6 Å². The van der Waals surface area contributed by atoms with Gasteiger partial charge in [-0.05, 0) is 47.0 Å². The first-order valence-corrected chi connectivity index (χ1v) is 9.80. The molecule has 0 saturated carbocycles. The Bertz CT molecular complexity index is 1280. The molecule has 0 heterocycles. The Labute approximate surface area is 193 Å². The van der Waals surface area contributed by atoms with Crippen molar-refractivity contribution in [2.75, 3.05) is 7.11 Å². The van der Waals surface area contributed by atoms with Crippen LogP contribution in [-0.2, 0) is 6.61 Å². The zero-order chi connectivity index (χ0) is 24.0. The quantitative estimate of drug-likeness (QED) is 0.177. The lowest BCUT2D eigenvalue weighted by Crippen LogP contribution is -1.99. The number of non-ortho nitro benzene ring substituents is 2. The molecule has 0 aliphatic rings. The van der Waals surface area contributed by atoms with Crippen LogP contribution < -0.4 is 9.47 Å². The first-order valence-electron chi connectivity index (χ1n) is 9.42. The van der Waals surface area contributed by atoms with Gasteiger partial charge in [-0.15, -0.1) is 0 Å². The standard InChI is InChI=1S/C23H16ClN3O6/c1-32-22-11-16(9-18(13-25)17-3-2-4-20(12-17)27(30)31)10-21(24)23(22)33-14-15-5-7-19(8-6-15)26(28)29/h2-12H,14H2,1H3. The van der Waals surface area contributed by atoms with Gasteiger partial charge < -0.3 is 9.47 Å². The fourth-order valence-corrected chi connectivity index (χ4v) is 3.24. The van der Waals surface area contributed by atoms with E-state index in [2.05, 4.69) is 0 Å². The Balaban J connectivity index is 1.87. The van der Waals surface area contributed by atoms with E-state index < -0.39 is 9.85 Å². The highest BCUT2D eigenvalue weighted by molar-refractivity contribution is 6.32. The molecule has 33 heavy (non-hydrogen) atoms. The van der Waals surface area contributed by atoms with E-state index in [-0.39, 0.29) is 34.3 Å². The highest BCUT2D eigenvalue weighted by atomic mass is 35.5. The molecule has 0 fully saturated rings. The fourth-order valence-electron chi connectivity index (χ4n) is 2.97. The number of allylic oxidation sites excluding steroid dienone is 1. The summed E-state index contributed by atoms with van der Waals surface area (Å²) in [5, 5.41) is 31.6. The van der Waals surface area contributed by atoms with Crippen LogP contribution in [0.4, 0.5) is 11.4 Å². The second-order valence-corrected chi connectivity index (χ2v) is 7.13. The van der Waals surface area contributed by atoms with Crippen LogP contribution in [0.15, 0.2) is 60.7 Å². The molecule has 166 valence electrons. The van der Waals surface area contributed by atoms with E-state index in [0.29, 0.717) is 22.4 Å². The van der Waals surface area contributed by atoms with Crippen molar-refractivity contribution in [2.24, 2.45) is 0 Å². The Kier molecular flexibility index (Phi) is 7.23. The maximum absolute atomic E-state index is 11.0. The lowest BCUT2D eigenvalue weighted by Gasteiger charge is -2.13. The summed E-state index contributed by atoms with van der Waals surface area (Å²) in [4.78, 5) is 20.8. The molecule has 0 spiro atoms. The molecule has 3 rings (SSSR count). The fraction of sp³-hybridized carbons (Fsp3) is 0.0870. The number of nitro groups is 2. The monoisotopic (exact) mass is 465 g/mol. The lowest BCUT2D eigenvalue weighted by atomic mass is 10.0. The molecule has 0 aliphatic heterocycles. The SMILES string of the molecule is COc1cc(C=C(C#N)c2cccc([N+](=O)[O-])c2)cc(Cl)c1OCc1ccc([N+](=O)[O-])cc1. The van der Waals surface area contributed by atoms with Crippen molar-refractivity contribution in [1.29, 1.82) is 5.26 Å². The number of rotatable bonds is 8. The lowest BCUT2D eigenvalue weighted by molar-refractivity contribution is -0.385. The third-order valence-corrected chi connectivity index (χ3v) is 4.86. The van der Waals surface area contributed by atoms with E-state index in [1.165, 1.54) is 43.5 Å². The molecule has 0 aromatic heterocycles. The number of ether oxygens (including phenoxy) is 2. The summed E-state index contributed by atoms with van der Waals surface area (Å²) in [5.41, 5.74) is 1.67.